The summed E-state index contributed by atoms with van der Waals surface area (Å²) in [5.41, 5.74) is 2.12. The van der Waals surface area contributed by atoms with Gasteiger partial charge < -0.3 is 36.4 Å². The average molecular weight is 626 g/mol. The summed E-state index contributed by atoms with van der Waals surface area (Å²) < 4.78 is 0. The van der Waals surface area contributed by atoms with Crippen molar-refractivity contribution in [1.29, 1.82) is 0 Å². The Bertz CT molecular complexity index is 1630. The van der Waals surface area contributed by atoms with Crippen molar-refractivity contribution in [2.75, 3.05) is 26.2 Å². The molecular weight excluding hydrogens is 582 g/mol. The molecule has 0 bridgehead atoms. The van der Waals surface area contributed by atoms with Crippen molar-refractivity contribution in [2.24, 2.45) is 0 Å². The molecule has 0 fully saturated rings. The highest BCUT2D eigenvalue weighted by Crippen LogP contribution is 2.40. The van der Waals surface area contributed by atoms with Gasteiger partial charge in [0, 0.05) is 69.7 Å². The number of phenols is 4. The van der Waals surface area contributed by atoms with Crippen LogP contribution in [0.5, 0.6) is 23.0 Å². The van der Waals surface area contributed by atoms with Crippen LogP contribution in [0.2, 0.25) is 0 Å². The molecule has 2 amide bonds. The number of hydrogen-bond acceptors (Lipinski definition) is 7. The van der Waals surface area contributed by atoms with Gasteiger partial charge in [0.25, 0.3) is 0 Å². The number of unbranched alkanes of at least 4 members (excludes halogenated alkanes) is 1. The third-order valence-electron chi connectivity index (χ3n) is 8.03. The summed E-state index contributed by atoms with van der Waals surface area (Å²) in [7, 11) is 0. The Morgan fingerprint density at radius 1 is 0.565 bits per heavy atom. The Morgan fingerprint density at radius 3 is 1.39 bits per heavy atom. The van der Waals surface area contributed by atoms with Gasteiger partial charge in [0.05, 0.1) is 0 Å². The fraction of sp³-hybridized carbons (Fsp3) is 0.297. The van der Waals surface area contributed by atoms with Gasteiger partial charge in [0.2, 0.25) is 11.8 Å². The standard InChI is InChI=1S/C37H43N3O6/c1-24-26(36(45)30-14-5-3-12-28(30)34(24)43)16-9-18-32(41)39-22-8-7-20-38-21-11-23-40-33(42)19-10-17-27-25(2)35(44)29-13-4-6-15-31(29)37(27)46/h3-6,9-10,12-17,38,43-46H,7-8,11,18-23H2,1-2H3,(H,39,41)(H,40,42)/b16-9+,17-10+. The number of fused-ring (bicyclic) bond motifs is 2. The number of carbonyl (C=O) groups excluding carboxylic acids is 2. The fourth-order valence-electron chi connectivity index (χ4n) is 5.39. The smallest absolute Gasteiger partial charge is 0.223 e. The molecule has 0 unspecified atom stereocenters. The number of aromatic hydroxyl groups is 4. The number of amides is 2. The SMILES string of the molecule is Cc1c(/C=C/CC(=O)NCCCCNCCCNC(=O)C/C=C/c2c(C)c(O)c3ccccc3c2O)c(O)c2ccccc2c1O. The molecule has 242 valence electrons. The van der Waals surface area contributed by atoms with Crippen LogP contribution in [0, 0.1) is 13.8 Å². The van der Waals surface area contributed by atoms with Gasteiger partial charge in [0.15, 0.2) is 0 Å². The molecule has 0 aromatic heterocycles. The lowest BCUT2D eigenvalue weighted by molar-refractivity contribution is -0.121. The zero-order valence-electron chi connectivity index (χ0n) is 26.4. The van der Waals surface area contributed by atoms with E-state index in [0.717, 1.165) is 32.4 Å². The maximum Gasteiger partial charge on any atom is 0.223 e. The Kier molecular flexibility index (Phi) is 12.0. The molecule has 9 nitrogen and oxygen atoms in total. The number of phenolic OH excluding ortho intramolecular Hbond substituents is 4. The van der Waals surface area contributed by atoms with Gasteiger partial charge in [-0.3, -0.25) is 9.59 Å². The van der Waals surface area contributed by atoms with Crippen molar-refractivity contribution in [3.05, 3.63) is 82.9 Å². The predicted octanol–water partition coefficient (Wildman–Crippen LogP) is 5.93. The van der Waals surface area contributed by atoms with E-state index in [-0.39, 0.29) is 47.7 Å². The highest BCUT2D eigenvalue weighted by Gasteiger charge is 2.15. The summed E-state index contributed by atoms with van der Waals surface area (Å²) in [5, 5.41) is 53.7. The Balaban J connectivity index is 1.05. The Labute approximate surface area is 269 Å². The molecule has 0 radical (unpaired) electrons. The van der Waals surface area contributed by atoms with E-state index in [4.69, 9.17) is 0 Å². The van der Waals surface area contributed by atoms with Gasteiger partial charge in [-0.25, -0.2) is 0 Å². The monoisotopic (exact) mass is 625 g/mol. The third-order valence-corrected chi connectivity index (χ3v) is 8.03. The van der Waals surface area contributed by atoms with E-state index in [1.54, 1.807) is 86.7 Å². The van der Waals surface area contributed by atoms with E-state index in [2.05, 4.69) is 16.0 Å². The van der Waals surface area contributed by atoms with Crippen molar-refractivity contribution >= 4 is 45.5 Å². The van der Waals surface area contributed by atoms with Crippen LogP contribution in [-0.2, 0) is 9.59 Å². The molecule has 0 aliphatic rings. The maximum absolute atomic E-state index is 12.2. The summed E-state index contributed by atoms with van der Waals surface area (Å²) in [6.07, 6.45) is 9.54. The highest BCUT2D eigenvalue weighted by molar-refractivity contribution is 5.98. The molecule has 0 saturated heterocycles. The molecule has 0 aliphatic heterocycles. The quantitative estimate of drug-likeness (QED) is 0.0639. The topological polar surface area (TPSA) is 151 Å². The van der Waals surface area contributed by atoms with Crippen LogP contribution in [0.15, 0.2) is 60.7 Å². The predicted molar refractivity (Wildman–Crippen MR) is 184 cm³/mol. The number of hydrogen-bond donors (Lipinski definition) is 7. The lowest BCUT2D eigenvalue weighted by Crippen LogP contribution is -2.27. The molecule has 0 aliphatic carbocycles. The lowest BCUT2D eigenvalue weighted by Gasteiger charge is -2.11. The second kappa shape index (κ2) is 16.3. The molecule has 7 N–H and O–H groups in total. The molecule has 0 spiro atoms. The fourth-order valence-corrected chi connectivity index (χ4v) is 5.39. The van der Waals surface area contributed by atoms with Gasteiger partial charge in [-0.2, -0.15) is 0 Å². The van der Waals surface area contributed by atoms with Gasteiger partial charge in [0.1, 0.15) is 23.0 Å². The van der Waals surface area contributed by atoms with Crippen LogP contribution in [-0.4, -0.2) is 58.4 Å². The van der Waals surface area contributed by atoms with Crippen LogP contribution < -0.4 is 16.0 Å². The van der Waals surface area contributed by atoms with E-state index >= 15 is 0 Å². The normalized spacial score (nSPS) is 11.6. The second-order valence-electron chi connectivity index (χ2n) is 11.3. The zero-order chi connectivity index (χ0) is 33.1. The molecule has 0 heterocycles. The summed E-state index contributed by atoms with van der Waals surface area (Å²) in [4.78, 5) is 24.4. The van der Waals surface area contributed by atoms with Crippen LogP contribution in [0.25, 0.3) is 33.7 Å². The highest BCUT2D eigenvalue weighted by atomic mass is 16.3. The number of benzene rings is 4. The van der Waals surface area contributed by atoms with Crippen LogP contribution in [0.4, 0.5) is 0 Å². The first kappa shape index (κ1) is 33.9. The van der Waals surface area contributed by atoms with Crippen LogP contribution in [0.1, 0.15) is 54.4 Å². The maximum atomic E-state index is 12.2. The van der Waals surface area contributed by atoms with Crippen molar-refractivity contribution in [2.45, 2.75) is 46.0 Å². The summed E-state index contributed by atoms with van der Waals surface area (Å²) >= 11 is 0. The first-order valence-corrected chi connectivity index (χ1v) is 15.6. The van der Waals surface area contributed by atoms with Crippen LogP contribution in [0.3, 0.4) is 0 Å². The molecule has 4 aromatic carbocycles. The Hall–Kier alpha value is -5.02. The zero-order valence-corrected chi connectivity index (χ0v) is 26.4. The number of rotatable bonds is 15. The minimum Gasteiger partial charge on any atom is -0.507 e. The molecular formula is C37H43N3O6. The average Bonchev–Trinajstić information content (AvgIpc) is 3.06. The first-order valence-electron chi connectivity index (χ1n) is 15.6. The van der Waals surface area contributed by atoms with Crippen molar-refractivity contribution in [3.63, 3.8) is 0 Å². The van der Waals surface area contributed by atoms with Crippen molar-refractivity contribution in [3.8, 4) is 23.0 Å². The largest absolute Gasteiger partial charge is 0.507 e. The summed E-state index contributed by atoms with van der Waals surface area (Å²) in [6, 6.07) is 14.2. The van der Waals surface area contributed by atoms with Gasteiger partial charge in [-0.1, -0.05) is 72.8 Å². The van der Waals surface area contributed by atoms with Gasteiger partial charge >= 0.3 is 0 Å². The summed E-state index contributed by atoms with van der Waals surface area (Å²) in [5.74, 6) is 0.183. The number of nitrogens with one attached hydrogen (secondary N) is 3. The molecule has 4 aromatic rings. The van der Waals surface area contributed by atoms with Crippen LogP contribution >= 0.6 is 0 Å². The molecule has 46 heavy (non-hydrogen) atoms. The molecule has 0 saturated carbocycles. The lowest BCUT2D eigenvalue weighted by atomic mass is 9.98. The van der Waals surface area contributed by atoms with Crippen molar-refractivity contribution in [1.82, 2.24) is 16.0 Å². The van der Waals surface area contributed by atoms with E-state index in [9.17, 15) is 30.0 Å². The Morgan fingerprint density at radius 2 is 0.935 bits per heavy atom. The van der Waals surface area contributed by atoms with E-state index < -0.39 is 0 Å². The minimum absolute atomic E-state index is 0.0838. The van der Waals surface area contributed by atoms with Gasteiger partial charge in [-0.15, -0.1) is 0 Å². The number of carbonyl (C=O) groups is 2. The van der Waals surface area contributed by atoms with E-state index in [1.807, 2.05) is 0 Å². The van der Waals surface area contributed by atoms with E-state index in [0.29, 0.717) is 56.9 Å². The third kappa shape index (κ3) is 8.37. The minimum atomic E-state index is -0.119. The van der Waals surface area contributed by atoms with Crippen molar-refractivity contribution < 1.29 is 30.0 Å². The first-order chi connectivity index (χ1) is 22.2. The van der Waals surface area contributed by atoms with Gasteiger partial charge in [-0.05, 0) is 46.2 Å². The molecule has 0 atom stereocenters. The summed E-state index contributed by atoms with van der Waals surface area (Å²) in [6.45, 7) is 6.14. The second-order valence-corrected chi connectivity index (χ2v) is 11.3. The molecule has 9 heteroatoms. The van der Waals surface area contributed by atoms with E-state index in [1.165, 1.54) is 0 Å². The molecule has 4 rings (SSSR count).